The maximum Gasteiger partial charge on any atom is 0.251 e. The third-order valence-electron chi connectivity index (χ3n) is 2.89. The van der Waals surface area contributed by atoms with Gasteiger partial charge >= 0.3 is 0 Å². The van der Waals surface area contributed by atoms with E-state index in [0.29, 0.717) is 11.1 Å². The van der Waals surface area contributed by atoms with E-state index in [1.54, 1.807) is 6.92 Å². The third-order valence-corrected chi connectivity index (χ3v) is 2.89. The van der Waals surface area contributed by atoms with Gasteiger partial charge in [0.1, 0.15) is 17.5 Å². The highest BCUT2D eigenvalue weighted by molar-refractivity contribution is 5.95. The number of rotatable bonds is 3. The lowest BCUT2D eigenvalue weighted by atomic mass is 10.1. The van der Waals surface area contributed by atoms with Crippen molar-refractivity contribution in [3.8, 4) is 0 Å². The number of halogens is 3. The zero-order chi connectivity index (χ0) is 14.7. The molecule has 2 aromatic rings. The smallest absolute Gasteiger partial charge is 0.251 e. The largest absolute Gasteiger partial charge is 0.348 e. The molecule has 0 bridgehead atoms. The minimum Gasteiger partial charge on any atom is -0.348 e. The molecule has 104 valence electrons. The van der Waals surface area contributed by atoms with Gasteiger partial charge in [0.25, 0.3) is 5.91 Å². The molecule has 1 N–H and O–H groups in total. The van der Waals surface area contributed by atoms with Crippen LogP contribution >= 0.6 is 0 Å². The van der Waals surface area contributed by atoms with E-state index in [1.165, 1.54) is 24.3 Å². The van der Waals surface area contributed by atoms with E-state index in [-0.39, 0.29) is 12.1 Å². The number of hydrogen-bond acceptors (Lipinski definition) is 1. The SMILES string of the molecule is Cc1cc(F)ccc1C(=O)NCc1ccc(F)cc1F. The van der Waals surface area contributed by atoms with Crippen molar-refractivity contribution in [1.82, 2.24) is 5.32 Å². The summed E-state index contributed by atoms with van der Waals surface area (Å²) in [5.41, 5.74) is 0.982. The maximum absolute atomic E-state index is 13.4. The molecule has 2 rings (SSSR count). The summed E-state index contributed by atoms with van der Waals surface area (Å²) in [5.74, 6) is -2.26. The first-order chi connectivity index (χ1) is 9.47. The number of nitrogens with one attached hydrogen (secondary N) is 1. The second-order valence-electron chi connectivity index (χ2n) is 4.38. The fourth-order valence-corrected chi connectivity index (χ4v) is 1.82. The number of aryl methyl sites for hydroxylation is 1. The molecule has 2 aromatic carbocycles. The van der Waals surface area contributed by atoms with Crippen LogP contribution in [-0.2, 0) is 6.54 Å². The molecule has 0 saturated heterocycles. The number of amides is 1. The summed E-state index contributed by atoms with van der Waals surface area (Å²) < 4.78 is 39.1. The summed E-state index contributed by atoms with van der Waals surface area (Å²) in [6.07, 6.45) is 0. The molecule has 0 spiro atoms. The molecule has 0 aliphatic heterocycles. The summed E-state index contributed by atoms with van der Waals surface area (Å²) in [6, 6.07) is 6.93. The summed E-state index contributed by atoms with van der Waals surface area (Å²) in [7, 11) is 0. The molecule has 0 saturated carbocycles. The molecular formula is C15H12F3NO. The molecule has 0 aliphatic rings. The van der Waals surface area contributed by atoms with Gasteiger partial charge in [0.15, 0.2) is 0 Å². The van der Waals surface area contributed by atoms with Crippen molar-refractivity contribution < 1.29 is 18.0 Å². The van der Waals surface area contributed by atoms with Crippen molar-refractivity contribution in [3.05, 3.63) is 70.5 Å². The predicted molar refractivity (Wildman–Crippen MR) is 68.7 cm³/mol. The third kappa shape index (κ3) is 3.17. The van der Waals surface area contributed by atoms with Gasteiger partial charge in [-0.05, 0) is 36.8 Å². The van der Waals surface area contributed by atoms with Crippen LogP contribution in [0, 0.1) is 24.4 Å². The monoisotopic (exact) mass is 279 g/mol. The Morgan fingerprint density at radius 2 is 1.70 bits per heavy atom. The lowest BCUT2D eigenvalue weighted by Crippen LogP contribution is -2.24. The number of carbonyl (C=O) groups excluding carboxylic acids is 1. The van der Waals surface area contributed by atoms with Crippen LogP contribution in [0.3, 0.4) is 0 Å². The molecule has 0 atom stereocenters. The zero-order valence-corrected chi connectivity index (χ0v) is 10.7. The van der Waals surface area contributed by atoms with E-state index in [2.05, 4.69) is 5.32 Å². The molecule has 20 heavy (non-hydrogen) atoms. The lowest BCUT2D eigenvalue weighted by molar-refractivity contribution is 0.0950. The zero-order valence-electron chi connectivity index (χ0n) is 10.7. The molecule has 0 heterocycles. The topological polar surface area (TPSA) is 29.1 Å². The Morgan fingerprint density at radius 1 is 1.05 bits per heavy atom. The van der Waals surface area contributed by atoms with Gasteiger partial charge in [0, 0.05) is 23.7 Å². The van der Waals surface area contributed by atoms with Gasteiger partial charge in [-0.3, -0.25) is 4.79 Å². The van der Waals surface area contributed by atoms with E-state index in [1.807, 2.05) is 0 Å². The highest BCUT2D eigenvalue weighted by atomic mass is 19.1. The van der Waals surface area contributed by atoms with Gasteiger partial charge in [-0.1, -0.05) is 6.07 Å². The van der Waals surface area contributed by atoms with Gasteiger partial charge in [-0.15, -0.1) is 0 Å². The molecule has 2 nitrogen and oxygen atoms in total. The summed E-state index contributed by atoms with van der Waals surface area (Å²) in [6.45, 7) is 1.54. The van der Waals surface area contributed by atoms with Crippen molar-refractivity contribution in [1.29, 1.82) is 0 Å². The minimum absolute atomic E-state index is 0.0677. The fourth-order valence-electron chi connectivity index (χ4n) is 1.82. The summed E-state index contributed by atoms with van der Waals surface area (Å²) in [5, 5.41) is 2.51. The highest BCUT2D eigenvalue weighted by Gasteiger charge is 2.11. The maximum atomic E-state index is 13.4. The van der Waals surface area contributed by atoms with Crippen molar-refractivity contribution in [2.75, 3.05) is 0 Å². The van der Waals surface area contributed by atoms with Crippen LogP contribution in [0.5, 0.6) is 0 Å². The van der Waals surface area contributed by atoms with Crippen LogP contribution in [0.4, 0.5) is 13.2 Å². The second kappa shape index (κ2) is 5.77. The van der Waals surface area contributed by atoms with Gasteiger partial charge < -0.3 is 5.32 Å². The van der Waals surface area contributed by atoms with E-state index in [9.17, 15) is 18.0 Å². The van der Waals surface area contributed by atoms with Gasteiger partial charge in [0.05, 0.1) is 0 Å². The Morgan fingerprint density at radius 3 is 2.35 bits per heavy atom. The van der Waals surface area contributed by atoms with E-state index in [4.69, 9.17) is 0 Å². The molecule has 0 fully saturated rings. The van der Waals surface area contributed by atoms with E-state index in [0.717, 1.165) is 12.1 Å². The van der Waals surface area contributed by atoms with Crippen molar-refractivity contribution in [2.45, 2.75) is 13.5 Å². The number of benzene rings is 2. The van der Waals surface area contributed by atoms with Gasteiger partial charge in [0.2, 0.25) is 0 Å². The number of hydrogen-bond donors (Lipinski definition) is 1. The quantitative estimate of drug-likeness (QED) is 0.917. The van der Waals surface area contributed by atoms with Crippen LogP contribution < -0.4 is 5.32 Å². The first-order valence-electron chi connectivity index (χ1n) is 5.95. The Labute approximate surface area is 114 Å². The van der Waals surface area contributed by atoms with Crippen LogP contribution in [0.1, 0.15) is 21.5 Å². The Kier molecular flexibility index (Phi) is 4.08. The van der Waals surface area contributed by atoms with Crippen molar-refractivity contribution >= 4 is 5.91 Å². The lowest BCUT2D eigenvalue weighted by Gasteiger charge is -2.08. The first kappa shape index (κ1) is 14.1. The van der Waals surface area contributed by atoms with Crippen molar-refractivity contribution in [3.63, 3.8) is 0 Å². The normalized spacial score (nSPS) is 10.4. The van der Waals surface area contributed by atoms with Crippen molar-refractivity contribution in [2.24, 2.45) is 0 Å². The van der Waals surface area contributed by atoms with Crippen LogP contribution in [0.2, 0.25) is 0 Å². The van der Waals surface area contributed by atoms with E-state index < -0.39 is 23.4 Å². The molecule has 0 aromatic heterocycles. The minimum atomic E-state index is -0.721. The summed E-state index contributed by atoms with van der Waals surface area (Å²) >= 11 is 0. The average molecular weight is 279 g/mol. The molecule has 0 unspecified atom stereocenters. The summed E-state index contributed by atoms with van der Waals surface area (Å²) in [4.78, 5) is 11.9. The molecule has 0 radical (unpaired) electrons. The number of carbonyl (C=O) groups is 1. The predicted octanol–water partition coefficient (Wildman–Crippen LogP) is 3.34. The molecule has 5 heteroatoms. The van der Waals surface area contributed by atoms with Gasteiger partial charge in [-0.2, -0.15) is 0 Å². The first-order valence-corrected chi connectivity index (χ1v) is 5.95. The molecule has 1 amide bonds. The van der Waals surface area contributed by atoms with Crippen LogP contribution in [0.15, 0.2) is 36.4 Å². The molecule has 0 aliphatic carbocycles. The second-order valence-corrected chi connectivity index (χ2v) is 4.38. The highest BCUT2D eigenvalue weighted by Crippen LogP contribution is 2.12. The van der Waals surface area contributed by atoms with E-state index >= 15 is 0 Å². The molecular weight excluding hydrogens is 267 g/mol. The van der Waals surface area contributed by atoms with Gasteiger partial charge in [-0.25, -0.2) is 13.2 Å². The Hall–Kier alpha value is -2.30. The fraction of sp³-hybridized carbons (Fsp3) is 0.133. The Balaban J connectivity index is 2.08. The van der Waals surface area contributed by atoms with Crippen LogP contribution in [-0.4, -0.2) is 5.91 Å². The Bertz CT molecular complexity index is 656. The van der Waals surface area contributed by atoms with Crippen LogP contribution in [0.25, 0.3) is 0 Å². The standard InChI is InChI=1S/C15H12F3NO/c1-9-6-11(16)4-5-13(9)15(20)19-8-10-2-3-12(17)7-14(10)18/h2-7H,8H2,1H3,(H,19,20). The average Bonchev–Trinajstić information content (AvgIpc) is 2.37.